The number of hydrogen-bond acceptors (Lipinski definition) is 5. The number of carbonyl (C=O) groups is 2. The van der Waals surface area contributed by atoms with Gasteiger partial charge in [-0.25, -0.2) is 27.0 Å². The number of carboxylic acid groups (broad SMARTS) is 2. The lowest BCUT2D eigenvalue weighted by Gasteiger charge is -2.10. The summed E-state index contributed by atoms with van der Waals surface area (Å²) in [6, 6.07) is 9.19. The Kier molecular flexibility index (Phi) is 5.10. The number of benzene rings is 1. The van der Waals surface area contributed by atoms with E-state index in [9.17, 15) is 18.0 Å². The highest BCUT2D eigenvalue weighted by Gasteiger charge is 2.22. The number of hydrogen-bond donors (Lipinski definition) is 2. The van der Waals surface area contributed by atoms with Crippen LogP contribution >= 0.6 is 0 Å². The third-order valence-electron chi connectivity index (χ3n) is 3.79. The van der Waals surface area contributed by atoms with Crippen molar-refractivity contribution in [2.75, 3.05) is 0 Å². The van der Waals surface area contributed by atoms with E-state index in [0.717, 1.165) is 16.1 Å². The largest absolute Gasteiger partial charge is 0.478 e. The highest BCUT2D eigenvalue weighted by molar-refractivity contribution is 7.90. The third-order valence-corrected chi connectivity index (χ3v) is 5.53. The SMILES string of the molecule is O=C(O)/C=C/c1cnc2c(ccn2S(=O)(=O)c2ccccc2/C=C/C(=O)O)c1. The fourth-order valence-electron chi connectivity index (χ4n) is 2.59. The van der Waals surface area contributed by atoms with Gasteiger partial charge >= 0.3 is 11.9 Å². The van der Waals surface area contributed by atoms with Crippen LogP contribution in [-0.2, 0) is 19.6 Å². The van der Waals surface area contributed by atoms with Crippen LogP contribution in [0.1, 0.15) is 11.1 Å². The Labute approximate surface area is 159 Å². The zero-order valence-electron chi connectivity index (χ0n) is 14.3. The Morgan fingerprint density at radius 1 is 1.00 bits per heavy atom. The zero-order valence-corrected chi connectivity index (χ0v) is 15.1. The maximum atomic E-state index is 13.1. The molecule has 0 spiro atoms. The van der Waals surface area contributed by atoms with E-state index in [1.165, 1.54) is 36.7 Å². The van der Waals surface area contributed by atoms with Crippen molar-refractivity contribution in [3.63, 3.8) is 0 Å². The molecule has 9 heteroatoms. The van der Waals surface area contributed by atoms with Crippen molar-refractivity contribution in [1.29, 1.82) is 0 Å². The molecule has 0 aliphatic carbocycles. The highest BCUT2D eigenvalue weighted by Crippen LogP contribution is 2.24. The quantitative estimate of drug-likeness (QED) is 0.611. The Morgan fingerprint density at radius 3 is 2.39 bits per heavy atom. The van der Waals surface area contributed by atoms with E-state index >= 15 is 0 Å². The molecule has 2 heterocycles. The van der Waals surface area contributed by atoms with E-state index in [2.05, 4.69) is 4.98 Å². The number of pyridine rings is 1. The lowest BCUT2D eigenvalue weighted by atomic mass is 10.2. The number of rotatable bonds is 6. The van der Waals surface area contributed by atoms with Gasteiger partial charge in [0.1, 0.15) is 0 Å². The number of aliphatic carboxylic acids is 2. The standard InChI is InChI=1S/C19H14N2O6S/c22-17(23)7-5-13-11-15-9-10-21(19(15)20-12-13)28(26,27)16-4-2-1-3-14(16)6-8-18(24)25/h1-12H,(H,22,23)(H,24,25)/b7-5+,8-6+. The predicted molar refractivity (Wildman–Crippen MR) is 102 cm³/mol. The van der Waals surface area contributed by atoms with Crippen LogP contribution < -0.4 is 0 Å². The van der Waals surface area contributed by atoms with E-state index in [-0.39, 0.29) is 16.1 Å². The van der Waals surface area contributed by atoms with Crippen molar-refractivity contribution in [1.82, 2.24) is 8.96 Å². The van der Waals surface area contributed by atoms with Crippen LogP contribution in [0, 0.1) is 0 Å². The van der Waals surface area contributed by atoms with Gasteiger partial charge in [0.25, 0.3) is 10.0 Å². The van der Waals surface area contributed by atoms with Gasteiger partial charge in [0.05, 0.1) is 4.90 Å². The summed E-state index contributed by atoms with van der Waals surface area (Å²) in [5, 5.41) is 18.0. The van der Waals surface area contributed by atoms with E-state index in [4.69, 9.17) is 10.2 Å². The molecule has 0 radical (unpaired) electrons. The lowest BCUT2D eigenvalue weighted by molar-refractivity contribution is -0.132. The molecule has 3 aromatic rings. The minimum absolute atomic E-state index is 0.0679. The molecule has 0 saturated carbocycles. The summed E-state index contributed by atoms with van der Waals surface area (Å²) in [5.74, 6) is -2.30. The van der Waals surface area contributed by atoms with E-state index in [1.807, 2.05) is 0 Å². The summed E-state index contributed by atoms with van der Waals surface area (Å²) < 4.78 is 27.2. The van der Waals surface area contributed by atoms with Crippen LogP contribution in [-0.4, -0.2) is 39.5 Å². The molecule has 2 N–H and O–H groups in total. The van der Waals surface area contributed by atoms with Crippen LogP contribution in [0.3, 0.4) is 0 Å². The molecular formula is C19H14N2O6S. The highest BCUT2D eigenvalue weighted by atomic mass is 32.2. The average molecular weight is 398 g/mol. The summed E-state index contributed by atoms with van der Waals surface area (Å²) in [7, 11) is -4.04. The molecule has 28 heavy (non-hydrogen) atoms. The molecule has 0 saturated heterocycles. The maximum absolute atomic E-state index is 13.1. The second-order valence-corrected chi connectivity index (χ2v) is 7.46. The summed E-state index contributed by atoms with van der Waals surface area (Å²) in [6.07, 6.45) is 7.10. The van der Waals surface area contributed by atoms with Crippen LogP contribution in [0.4, 0.5) is 0 Å². The Morgan fingerprint density at radius 2 is 1.68 bits per heavy atom. The van der Waals surface area contributed by atoms with Crippen molar-refractivity contribution >= 4 is 45.1 Å². The first-order chi connectivity index (χ1) is 13.3. The van der Waals surface area contributed by atoms with Crippen LogP contribution in [0.25, 0.3) is 23.2 Å². The molecule has 3 rings (SSSR count). The zero-order chi connectivity index (χ0) is 20.3. The van der Waals surface area contributed by atoms with Crippen molar-refractivity contribution in [2.24, 2.45) is 0 Å². The van der Waals surface area contributed by atoms with E-state index in [0.29, 0.717) is 10.9 Å². The van der Waals surface area contributed by atoms with Crippen LogP contribution in [0.5, 0.6) is 0 Å². The number of carboxylic acids is 2. The van der Waals surface area contributed by atoms with Gasteiger partial charge in [0, 0.05) is 29.9 Å². The minimum atomic E-state index is -4.04. The minimum Gasteiger partial charge on any atom is -0.478 e. The summed E-state index contributed by atoms with van der Waals surface area (Å²) in [6.45, 7) is 0. The molecule has 0 bridgehead atoms. The molecule has 0 unspecified atom stereocenters. The summed E-state index contributed by atoms with van der Waals surface area (Å²) >= 11 is 0. The number of aromatic nitrogens is 2. The fraction of sp³-hybridized carbons (Fsp3) is 0. The number of fused-ring (bicyclic) bond motifs is 1. The van der Waals surface area contributed by atoms with Crippen molar-refractivity contribution in [3.05, 3.63) is 72.1 Å². The number of nitrogens with zero attached hydrogens (tertiary/aromatic N) is 2. The third kappa shape index (κ3) is 3.84. The topological polar surface area (TPSA) is 127 Å². The molecule has 0 atom stereocenters. The summed E-state index contributed by atoms with van der Waals surface area (Å²) in [4.78, 5) is 25.5. The van der Waals surface area contributed by atoms with Crippen LogP contribution in [0.2, 0.25) is 0 Å². The first kappa shape index (κ1) is 19.1. The van der Waals surface area contributed by atoms with Gasteiger partial charge in [0.2, 0.25) is 0 Å². The van der Waals surface area contributed by atoms with E-state index < -0.39 is 22.0 Å². The van der Waals surface area contributed by atoms with Gasteiger partial charge in [-0.2, -0.15) is 0 Å². The first-order valence-electron chi connectivity index (χ1n) is 7.93. The molecule has 8 nitrogen and oxygen atoms in total. The second kappa shape index (κ2) is 7.49. The van der Waals surface area contributed by atoms with Gasteiger partial charge < -0.3 is 10.2 Å². The molecule has 142 valence electrons. The summed E-state index contributed by atoms with van der Waals surface area (Å²) in [5.41, 5.74) is 0.909. The average Bonchev–Trinajstić information content (AvgIpc) is 3.09. The second-order valence-electron chi connectivity index (χ2n) is 5.68. The molecule has 2 aromatic heterocycles. The smallest absolute Gasteiger partial charge is 0.328 e. The lowest BCUT2D eigenvalue weighted by Crippen LogP contribution is -2.13. The van der Waals surface area contributed by atoms with Gasteiger partial charge in [0.15, 0.2) is 5.65 Å². The van der Waals surface area contributed by atoms with Crippen LogP contribution in [0.15, 0.2) is 65.8 Å². The molecular weight excluding hydrogens is 384 g/mol. The molecule has 0 aliphatic rings. The van der Waals surface area contributed by atoms with Crippen molar-refractivity contribution in [2.45, 2.75) is 4.90 Å². The normalized spacial score (nSPS) is 12.1. The first-order valence-corrected chi connectivity index (χ1v) is 9.37. The molecule has 1 aromatic carbocycles. The van der Waals surface area contributed by atoms with Gasteiger partial charge in [-0.3, -0.25) is 0 Å². The monoisotopic (exact) mass is 398 g/mol. The Bertz CT molecular complexity index is 1240. The van der Waals surface area contributed by atoms with E-state index in [1.54, 1.807) is 24.3 Å². The van der Waals surface area contributed by atoms with Crippen molar-refractivity contribution < 1.29 is 28.2 Å². The van der Waals surface area contributed by atoms with Gasteiger partial charge in [-0.1, -0.05) is 18.2 Å². The van der Waals surface area contributed by atoms with Crippen molar-refractivity contribution in [3.8, 4) is 0 Å². The molecule has 0 fully saturated rings. The predicted octanol–water partition coefficient (Wildman–Crippen LogP) is 2.47. The van der Waals surface area contributed by atoms with Gasteiger partial charge in [-0.05, 0) is 41.5 Å². The Hall–Kier alpha value is -3.72. The molecule has 0 aliphatic heterocycles. The molecule has 0 amide bonds. The fourth-order valence-corrected chi connectivity index (χ4v) is 4.09. The maximum Gasteiger partial charge on any atom is 0.328 e. The van der Waals surface area contributed by atoms with Gasteiger partial charge in [-0.15, -0.1) is 0 Å². The Balaban J connectivity index is 2.10.